The fourth-order valence-corrected chi connectivity index (χ4v) is 2.42. The summed E-state index contributed by atoms with van der Waals surface area (Å²) >= 11 is 3.40. The van der Waals surface area contributed by atoms with Gasteiger partial charge in [-0.1, -0.05) is 29.8 Å². The van der Waals surface area contributed by atoms with Crippen molar-refractivity contribution in [2.24, 2.45) is 5.92 Å². The lowest BCUT2D eigenvalue weighted by Gasteiger charge is -2.09. The van der Waals surface area contributed by atoms with Crippen LogP contribution in [0.3, 0.4) is 0 Å². The molecule has 0 radical (unpaired) electrons. The molecule has 2 aromatic rings. The molecule has 0 unspecified atom stereocenters. The summed E-state index contributed by atoms with van der Waals surface area (Å²) < 4.78 is 7.53. The molecule has 0 fully saturated rings. The summed E-state index contributed by atoms with van der Waals surface area (Å²) in [7, 11) is 1.39. The van der Waals surface area contributed by atoms with Gasteiger partial charge in [-0.05, 0) is 18.1 Å². The second-order valence-electron chi connectivity index (χ2n) is 4.60. The molecular weight excluding hydrogens is 296 g/mol. The molecule has 5 heteroatoms. The highest BCUT2D eigenvalue weighted by molar-refractivity contribution is 9.10. The number of methoxy groups -OCH3 is 1. The van der Waals surface area contributed by atoms with Crippen LogP contribution in [0.1, 0.15) is 24.2 Å². The van der Waals surface area contributed by atoms with E-state index in [1.807, 2.05) is 10.7 Å². The van der Waals surface area contributed by atoms with Crippen LogP contribution in [-0.4, -0.2) is 22.9 Å². The lowest BCUT2D eigenvalue weighted by atomic mass is 10.1. The monoisotopic (exact) mass is 310 g/mol. The second-order valence-corrected chi connectivity index (χ2v) is 5.52. The largest absolute Gasteiger partial charge is 0.465 e. The number of hydrogen-bond acceptors (Lipinski definition) is 3. The van der Waals surface area contributed by atoms with E-state index >= 15 is 0 Å². The number of benzene rings is 1. The summed E-state index contributed by atoms with van der Waals surface area (Å²) in [6, 6.07) is 3.72. The van der Waals surface area contributed by atoms with Gasteiger partial charge in [0.15, 0.2) is 0 Å². The highest BCUT2D eigenvalue weighted by Crippen LogP contribution is 2.25. The van der Waals surface area contributed by atoms with Gasteiger partial charge in [-0.25, -0.2) is 4.79 Å². The first-order valence-electron chi connectivity index (χ1n) is 5.76. The summed E-state index contributed by atoms with van der Waals surface area (Å²) in [5, 5.41) is 5.28. The minimum Gasteiger partial charge on any atom is -0.465 e. The van der Waals surface area contributed by atoms with Crippen molar-refractivity contribution < 1.29 is 9.53 Å². The van der Waals surface area contributed by atoms with E-state index in [9.17, 15) is 4.79 Å². The maximum Gasteiger partial charge on any atom is 0.340 e. The van der Waals surface area contributed by atoms with Gasteiger partial charge in [-0.15, -0.1) is 0 Å². The SMILES string of the molecule is COC(=O)c1cc(Br)cc2cnn(CC(C)C)c12. The Morgan fingerprint density at radius 3 is 2.83 bits per heavy atom. The average Bonchev–Trinajstić information content (AvgIpc) is 2.69. The van der Waals surface area contributed by atoms with E-state index in [1.54, 1.807) is 12.3 Å². The van der Waals surface area contributed by atoms with Gasteiger partial charge in [0.2, 0.25) is 0 Å². The standard InChI is InChI=1S/C13H15BrN2O2/c1-8(2)7-16-12-9(6-15-16)4-10(14)5-11(12)13(17)18-3/h4-6,8H,7H2,1-3H3. The Bertz CT molecular complexity index is 590. The summed E-state index contributed by atoms with van der Waals surface area (Å²) in [4.78, 5) is 11.8. The molecule has 0 aliphatic carbocycles. The van der Waals surface area contributed by atoms with Crippen LogP contribution in [0.2, 0.25) is 0 Å². The number of ether oxygens (including phenoxy) is 1. The van der Waals surface area contributed by atoms with Crippen LogP contribution in [0.15, 0.2) is 22.8 Å². The minimum atomic E-state index is -0.341. The van der Waals surface area contributed by atoms with E-state index in [1.165, 1.54) is 7.11 Å². The van der Waals surface area contributed by atoms with E-state index in [0.717, 1.165) is 21.9 Å². The van der Waals surface area contributed by atoms with Gasteiger partial charge in [0.1, 0.15) is 0 Å². The first-order valence-corrected chi connectivity index (χ1v) is 6.55. The number of rotatable bonds is 3. The molecule has 0 saturated carbocycles. The second kappa shape index (κ2) is 5.10. The molecular formula is C13H15BrN2O2. The third kappa shape index (κ3) is 2.41. The summed E-state index contributed by atoms with van der Waals surface area (Å²) in [5.41, 5.74) is 1.37. The highest BCUT2D eigenvalue weighted by atomic mass is 79.9. The third-order valence-corrected chi connectivity index (χ3v) is 3.10. The van der Waals surface area contributed by atoms with E-state index in [0.29, 0.717) is 11.5 Å². The van der Waals surface area contributed by atoms with E-state index in [4.69, 9.17) is 4.74 Å². The molecule has 0 bridgehead atoms. The van der Waals surface area contributed by atoms with Gasteiger partial charge in [-0.3, -0.25) is 4.68 Å². The van der Waals surface area contributed by atoms with Crippen molar-refractivity contribution in [2.75, 3.05) is 7.11 Å². The normalized spacial score (nSPS) is 11.2. The molecule has 0 aliphatic rings. The predicted molar refractivity (Wildman–Crippen MR) is 73.6 cm³/mol. The zero-order valence-electron chi connectivity index (χ0n) is 10.6. The van der Waals surface area contributed by atoms with Gasteiger partial charge < -0.3 is 4.74 Å². The fourth-order valence-electron chi connectivity index (χ4n) is 1.95. The Labute approximate surface area is 114 Å². The molecule has 96 valence electrons. The summed E-state index contributed by atoms with van der Waals surface area (Å²) in [6.07, 6.45) is 1.77. The van der Waals surface area contributed by atoms with Crippen molar-refractivity contribution in [2.45, 2.75) is 20.4 Å². The lowest BCUT2D eigenvalue weighted by molar-refractivity contribution is 0.0602. The van der Waals surface area contributed by atoms with Crippen molar-refractivity contribution in [1.29, 1.82) is 0 Å². The zero-order chi connectivity index (χ0) is 13.3. The van der Waals surface area contributed by atoms with Crippen LogP contribution in [0.4, 0.5) is 0 Å². The van der Waals surface area contributed by atoms with Crippen molar-refractivity contribution in [1.82, 2.24) is 9.78 Å². The van der Waals surface area contributed by atoms with Crippen LogP contribution in [-0.2, 0) is 11.3 Å². The Hall–Kier alpha value is -1.36. The molecule has 0 spiro atoms. The number of halogens is 1. The molecule has 0 amide bonds. The molecule has 1 aromatic heterocycles. The molecule has 0 atom stereocenters. The number of carbonyl (C=O) groups is 1. The number of aromatic nitrogens is 2. The first-order chi connectivity index (χ1) is 8.52. The van der Waals surface area contributed by atoms with Gasteiger partial charge in [-0.2, -0.15) is 5.10 Å². The van der Waals surface area contributed by atoms with Gasteiger partial charge in [0, 0.05) is 16.4 Å². The number of carbonyl (C=O) groups excluding carboxylic acids is 1. The molecule has 0 N–H and O–H groups in total. The van der Waals surface area contributed by atoms with Crippen molar-refractivity contribution in [3.63, 3.8) is 0 Å². The lowest BCUT2D eigenvalue weighted by Crippen LogP contribution is -2.10. The number of esters is 1. The first kappa shape index (κ1) is 13.1. The molecule has 18 heavy (non-hydrogen) atoms. The topological polar surface area (TPSA) is 44.1 Å². The molecule has 1 heterocycles. The van der Waals surface area contributed by atoms with Crippen LogP contribution >= 0.6 is 15.9 Å². The van der Waals surface area contributed by atoms with Gasteiger partial charge >= 0.3 is 5.97 Å². The Kier molecular flexibility index (Phi) is 3.71. The van der Waals surface area contributed by atoms with Gasteiger partial charge in [0.05, 0.1) is 24.4 Å². The maximum absolute atomic E-state index is 11.8. The van der Waals surface area contributed by atoms with Crippen molar-refractivity contribution in [3.05, 3.63) is 28.4 Å². The Morgan fingerprint density at radius 2 is 2.22 bits per heavy atom. The zero-order valence-corrected chi connectivity index (χ0v) is 12.2. The number of fused-ring (bicyclic) bond motifs is 1. The van der Waals surface area contributed by atoms with Gasteiger partial charge in [0.25, 0.3) is 0 Å². The van der Waals surface area contributed by atoms with E-state index in [-0.39, 0.29) is 5.97 Å². The predicted octanol–water partition coefficient (Wildman–Crippen LogP) is 3.24. The number of nitrogens with zero attached hydrogens (tertiary/aromatic N) is 2. The quantitative estimate of drug-likeness (QED) is 0.817. The molecule has 0 saturated heterocycles. The maximum atomic E-state index is 11.8. The summed E-state index contributed by atoms with van der Waals surface area (Å²) in [5.74, 6) is 0.119. The molecule has 1 aromatic carbocycles. The Morgan fingerprint density at radius 1 is 1.50 bits per heavy atom. The highest BCUT2D eigenvalue weighted by Gasteiger charge is 2.16. The van der Waals surface area contributed by atoms with Crippen LogP contribution in [0, 0.1) is 5.92 Å². The van der Waals surface area contributed by atoms with Crippen LogP contribution in [0.25, 0.3) is 10.9 Å². The van der Waals surface area contributed by atoms with Crippen molar-refractivity contribution >= 4 is 32.8 Å². The van der Waals surface area contributed by atoms with Crippen LogP contribution < -0.4 is 0 Å². The Balaban J connectivity index is 2.65. The van der Waals surface area contributed by atoms with E-state index < -0.39 is 0 Å². The molecule has 4 nitrogen and oxygen atoms in total. The third-order valence-electron chi connectivity index (χ3n) is 2.64. The molecule has 2 rings (SSSR count). The minimum absolute atomic E-state index is 0.341. The smallest absolute Gasteiger partial charge is 0.340 e. The van der Waals surface area contributed by atoms with E-state index in [2.05, 4.69) is 34.9 Å². The molecule has 0 aliphatic heterocycles. The average molecular weight is 311 g/mol. The fraction of sp³-hybridized carbons (Fsp3) is 0.385. The summed E-state index contributed by atoms with van der Waals surface area (Å²) in [6.45, 7) is 5.00. The number of hydrogen-bond donors (Lipinski definition) is 0. The van der Waals surface area contributed by atoms with Crippen LogP contribution in [0.5, 0.6) is 0 Å². The van der Waals surface area contributed by atoms with Crippen molar-refractivity contribution in [3.8, 4) is 0 Å².